The molecule has 8 heteroatoms. The van der Waals surface area contributed by atoms with E-state index < -0.39 is 4.92 Å². The molecule has 7 nitrogen and oxygen atoms in total. The first-order chi connectivity index (χ1) is 13.5. The van der Waals surface area contributed by atoms with Crippen LogP contribution in [0, 0.1) is 10.1 Å². The first-order valence-corrected chi connectivity index (χ1v) is 9.55. The number of carbonyl (C=O) groups is 1. The Bertz CT molecular complexity index is 864. The van der Waals surface area contributed by atoms with Crippen LogP contribution in [0.4, 0.5) is 17.1 Å². The van der Waals surface area contributed by atoms with Crippen LogP contribution in [-0.2, 0) is 0 Å². The van der Waals surface area contributed by atoms with Gasteiger partial charge in [-0.25, -0.2) is 0 Å². The molecule has 0 spiro atoms. The predicted octanol–water partition coefficient (Wildman–Crippen LogP) is 5.25. The average molecular weight is 404 g/mol. The van der Waals surface area contributed by atoms with Crippen LogP contribution in [-0.4, -0.2) is 24.0 Å². The third-order valence-electron chi connectivity index (χ3n) is 4.85. The lowest BCUT2D eigenvalue weighted by molar-refractivity contribution is -0.384. The van der Waals surface area contributed by atoms with Gasteiger partial charge in [-0.05, 0) is 43.2 Å². The van der Waals surface area contributed by atoms with E-state index in [-0.39, 0.29) is 22.7 Å². The molecule has 2 aromatic carbocycles. The van der Waals surface area contributed by atoms with Crippen molar-refractivity contribution in [2.24, 2.45) is 0 Å². The van der Waals surface area contributed by atoms with E-state index in [1.165, 1.54) is 18.6 Å². The zero-order valence-electron chi connectivity index (χ0n) is 15.5. The molecule has 0 saturated heterocycles. The molecular formula is C20H22ClN3O4. The van der Waals surface area contributed by atoms with Gasteiger partial charge in [-0.3, -0.25) is 14.9 Å². The summed E-state index contributed by atoms with van der Waals surface area (Å²) in [5, 5.41) is 17.5. The lowest BCUT2D eigenvalue weighted by Crippen LogP contribution is -2.23. The number of nitrogens with zero attached hydrogens (tertiary/aromatic N) is 1. The van der Waals surface area contributed by atoms with Crippen molar-refractivity contribution in [2.45, 2.75) is 38.1 Å². The van der Waals surface area contributed by atoms with Gasteiger partial charge in [0, 0.05) is 17.7 Å². The minimum Gasteiger partial charge on any atom is -0.497 e. The van der Waals surface area contributed by atoms with Gasteiger partial charge in [-0.15, -0.1) is 0 Å². The van der Waals surface area contributed by atoms with Gasteiger partial charge in [0.05, 0.1) is 22.7 Å². The minimum absolute atomic E-state index is 0.0991. The van der Waals surface area contributed by atoms with Gasteiger partial charge >= 0.3 is 0 Å². The Morgan fingerprint density at radius 3 is 2.43 bits per heavy atom. The van der Waals surface area contributed by atoms with Gasteiger partial charge in [-0.2, -0.15) is 0 Å². The third-order valence-corrected chi connectivity index (χ3v) is 5.16. The molecule has 1 amide bonds. The van der Waals surface area contributed by atoms with Gasteiger partial charge in [0.15, 0.2) is 0 Å². The quantitative estimate of drug-likeness (QED) is 0.507. The molecule has 1 aliphatic rings. The van der Waals surface area contributed by atoms with Crippen LogP contribution in [0.3, 0.4) is 0 Å². The van der Waals surface area contributed by atoms with Crippen LogP contribution in [0.15, 0.2) is 36.4 Å². The highest BCUT2D eigenvalue weighted by molar-refractivity contribution is 6.34. The molecule has 0 aliphatic heterocycles. The maximum atomic E-state index is 12.5. The summed E-state index contributed by atoms with van der Waals surface area (Å²) in [6.45, 7) is 0. The van der Waals surface area contributed by atoms with E-state index in [1.807, 2.05) is 0 Å². The van der Waals surface area contributed by atoms with Crippen molar-refractivity contribution in [2.75, 3.05) is 17.7 Å². The number of benzene rings is 2. The van der Waals surface area contributed by atoms with Gasteiger partial charge < -0.3 is 15.4 Å². The Morgan fingerprint density at radius 1 is 1.14 bits per heavy atom. The molecule has 1 saturated carbocycles. The topological polar surface area (TPSA) is 93.5 Å². The number of nitrogens with one attached hydrogen (secondary N) is 2. The zero-order chi connectivity index (χ0) is 20.1. The monoisotopic (exact) mass is 403 g/mol. The molecule has 0 heterocycles. The second-order valence-corrected chi connectivity index (χ2v) is 7.18. The lowest BCUT2D eigenvalue weighted by Gasteiger charge is -2.24. The lowest BCUT2D eigenvalue weighted by atomic mass is 9.95. The van der Waals surface area contributed by atoms with Crippen molar-refractivity contribution >= 4 is 34.6 Å². The van der Waals surface area contributed by atoms with Crippen molar-refractivity contribution < 1.29 is 14.5 Å². The maximum absolute atomic E-state index is 12.5. The summed E-state index contributed by atoms with van der Waals surface area (Å²) in [5.74, 6) is 0.283. The summed E-state index contributed by atoms with van der Waals surface area (Å²) >= 11 is 6.20. The van der Waals surface area contributed by atoms with Crippen molar-refractivity contribution in [1.82, 2.24) is 0 Å². The number of rotatable bonds is 6. The SMILES string of the molecule is COc1ccc(C(=O)Nc2cc(NC3CCCCC3)c([N+](=O)[O-])cc2Cl)cc1. The Balaban J connectivity index is 1.83. The number of carbonyl (C=O) groups excluding carboxylic acids is 1. The fourth-order valence-corrected chi connectivity index (χ4v) is 3.53. The summed E-state index contributed by atoms with van der Waals surface area (Å²) in [6.07, 6.45) is 5.31. The van der Waals surface area contributed by atoms with Gasteiger partial charge in [0.25, 0.3) is 11.6 Å². The van der Waals surface area contributed by atoms with Crippen molar-refractivity contribution in [3.8, 4) is 5.75 Å². The first kappa shape index (κ1) is 19.9. The Kier molecular flexibility index (Phi) is 6.36. The molecule has 0 radical (unpaired) electrons. The average Bonchev–Trinajstić information content (AvgIpc) is 2.70. The van der Waals surface area contributed by atoms with E-state index in [0.29, 0.717) is 22.7 Å². The fourth-order valence-electron chi connectivity index (χ4n) is 3.33. The predicted molar refractivity (Wildman–Crippen MR) is 110 cm³/mol. The number of hydrogen-bond donors (Lipinski definition) is 2. The van der Waals surface area contributed by atoms with Crippen molar-refractivity contribution in [1.29, 1.82) is 0 Å². The second kappa shape index (κ2) is 8.93. The molecule has 0 unspecified atom stereocenters. The number of halogens is 1. The van der Waals surface area contributed by atoms with Crippen molar-refractivity contribution in [3.63, 3.8) is 0 Å². The molecule has 3 rings (SSSR count). The zero-order valence-corrected chi connectivity index (χ0v) is 16.3. The summed E-state index contributed by atoms with van der Waals surface area (Å²) in [4.78, 5) is 23.5. The van der Waals surface area contributed by atoms with Crippen molar-refractivity contribution in [3.05, 3.63) is 57.1 Å². The summed E-state index contributed by atoms with van der Waals surface area (Å²) in [5.41, 5.74) is 1.02. The molecule has 2 aromatic rings. The molecule has 1 fully saturated rings. The standard InChI is InChI=1S/C20H22ClN3O4/c1-28-15-9-7-13(8-10-15)20(25)23-17-12-18(19(24(26)27)11-16(17)21)22-14-5-3-2-4-6-14/h7-12,14,22H,2-6H2,1H3,(H,23,25). The summed E-state index contributed by atoms with van der Waals surface area (Å²) in [6, 6.07) is 9.62. The van der Waals surface area contributed by atoms with Crippen LogP contribution in [0.5, 0.6) is 5.75 Å². The smallest absolute Gasteiger partial charge is 0.293 e. The number of amides is 1. The highest BCUT2D eigenvalue weighted by Gasteiger charge is 2.22. The van der Waals surface area contributed by atoms with E-state index in [0.717, 1.165) is 25.7 Å². The Morgan fingerprint density at radius 2 is 1.82 bits per heavy atom. The molecule has 0 atom stereocenters. The number of nitro groups is 1. The Labute approximate surface area is 168 Å². The molecule has 28 heavy (non-hydrogen) atoms. The van der Waals surface area contributed by atoms with Gasteiger partial charge in [0.2, 0.25) is 0 Å². The number of anilines is 2. The van der Waals surface area contributed by atoms with Crippen LogP contribution >= 0.6 is 11.6 Å². The number of nitro benzene ring substituents is 1. The number of ether oxygens (including phenoxy) is 1. The molecular weight excluding hydrogens is 382 g/mol. The highest BCUT2D eigenvalue weighted by Crippen LogP contribution is 2.36. The minimum atomic E-state index is -0.466. The molecule has 0 bridgehead atoms. The second-order valence-electron chi connectivity index (χ2n) is 6.77. The largest absolute Gasteiger partial charge is 0.497 e. The van der Waals surface area contributed by atoms with Crippen LogP contribution in [0.1, 0.15) is 42.5 Å². The van der Waals surface area contributed by atoms with E-state index in [2.05, 4.69) is 10.6 Å². The summed E-state index contributed by atoms with van der Waals surface area (Å²) in [7, 11) is 1.55. The maximum Gasteiger partial charge on any atom is 0.293 e. The third kappa shape index (κ3) is 4.72. The van der Waals surface area contributed by atoms with Crippen LogP contribution in [0.25, 0.3) is 0 Å². The van der Waals surface area contributed by atoms with E-state index >= 15 is 0 Å². The van der Waals surface area contributed by atoms with Crippen LogP contribution < -0.4 is 15.4 Å². The first-order valence-electron chi connectivity index (χ1n) is 9.18. The summed E-state index contributed by atoms with van der Waals surface area (Å²) < 4.78 is 5.08. The fraction of sp³-hybridized carbons (Fsp3) is 0.350. The van der Waals surface area contributed by atoms with E-state index in [4.69, 9.17) is 16.3 Å². The van der Waals surface area contributed by atoms with Crippen LogP contribution in [0.2, 0.25) is 5.02 Å². The van der Waals surface area contributed by atoms with E-state index in [1.54, 1.807) is 31.4 Å². The number of hydrogen-bond acceptors (Lipinski definition) is 5. The molecule has 2 N–H and O–H groups in total. The van der Waals surface area contributed by atoms with Gasteiger partial charge in [0.1, 0.15) is 11.4 Å². The molecule has 148 valence electrons. The number of methoxy groups -OCH3 is 1. The Hall–Kier alpha value is -2.80. The molecule has 0 aromatic heterocycles. The van der Waals surface area contributed by atoms with E-state index in [9.17, 15) is 14.9 Å². The normalized spacial score (nSPS) is 14.4. The van der Waals surface area contributed by atoms with Gasteiger partial charge in [-0.1, -0.05) is 30.9 Å². The highest BCUT2D eigenvalue weighted by atomic mass is 35.5. The molecule has 1 aliphatic carbocycles.